The fourth-order valence-electron chi connectivity index (χ4n) is 1.64. The molecule has 0 aliphatic carbocycles. The van der Waals surface area contributed by atoms with Crippen LogP contribution < -0.4 is 0 Å². The minimum atomic E-state index is -0.723. The molecule has 0 saturated heterocycles. The second-order valence-electron chi connectivity index (χ2n) is 4.98. The van der Waals surface area contributed by atoms with E-state index in [9.17, 15) is 15.0 Å². The number of hydrogen-bond acceptors (Lipinski definition) is 4. The lowest BCUT2D eigenvalue weighted by atomic mass is 9.85. The quantitative estimate of drug-likeness (QED) is 0.357. The smallest absolute Gasteiger partial charge is 0.333 e. The van der Waals surface area contributed by atoms with Gasteiger partial charge in [0.15, 0.2) is 0 Å². The van der Waals surface area contributed by atoms with E-state index in [-0.39, 0.29) is 19.8 Å². The van der Waals surface area contributed by atoms with Gasteiger partial charge < -0.3 is 14.9 Å². The molecular weight excluding hydrogens is 232 g/mol. The molecule has 0 aromatic heterocycles. The normalized spacial score (nSPS) is 11.3. The Kier molecular flexibility index (Phi) is 8.67. The van der Waals surface area contributed by atoms with Crippen molar-refractivity contribution in [3.8, 4) is 0 Å². The van der Waals surface area contributed by atoms with E-state index < -0.39 is 11.4 Å². The van der Waals surface area contributed by atoms with Gasteiger partial charge in [-0.05, 0) is 13.3 Å². The van der Waals surface area contributed by atoms with Gasteiger partial charge in [-0.2, -0.15) is 0 Å². The summed E-state index contributed by atoms with van der Waals surface area (Å²) in [5.41, 5.74) is -0.399. The Morgan fingerprint density at radius 1 is 1.22 bits per heavy atom. The minimum Gasteiger partial charge on any atom is -0.462 e. The highest BCUT2D eigenvalue weighted by molar-refractivity contribution is 5.86. The summed E-state index contributed by atoms with van der Waals surface area (Å²) in [7, 11) is 0. The highest BCUT2D eigenvalue weighted by Crippen LogP contribution is 2.25. The first-order chi connectivity index (χ1) is 8.51. The van der Waals surface area contributed by atoms with E-state index in [0.29, 0.717) is 12.0 Å². The van der Waals surface area contributed by atoms with Crippen LogP contribution in [0.3, 0.4) is 0 Å². The van der Waals surface area contributed by atoms with Gasteiger partial charge in [0.1, 0.15) is 6.61 Å². The average molecular weight is 258 g/mol. The van der Waals surface area contributed by atoms with Gasteiger partial charge in [-0.25, -0.2) is 4.79 Å². The monoisotopic (exact) mass is 258 g/mol. The third kappa shape index (κ3) is 6.17. The number of hydrogen-bond donors (Lipinski definition) is 2. The molecule has 0 atom stereocenters. The largest absolute Gasteiger partial charge is 0.462 e. The predicted molar refractivity (Wildman–Crippen MR) is 71.1 cm³/mol. The first-order valence-corrected chi connectivity index (χ1v) is 6.55. The number of ether oxygens (including phenoxy) is 1. The third-order valence-corrected chi connectivity index (χ3v) is 3.09. The fourth-order valence-corrected chi connectivity index (χ4v) is 1.64. The summed E-state index contributed by atoms with van der Waals surface area (Å²) in [4.78, 5) is 11.3. The Morgan fingerprint density at radius 3 is 2.28 bits per heavy atom. The standard InChI is InChI=1S/C14H26O4/c1-4-5-6-7-8-14(9-15,10-16)11-18-13(17)12(2)3/h15-16H,2,4-11H2,1,3H3. The number of carbonyl (C=O) groups excluding carboxylic acids is 1. The molecule has 0 heterocycles. The average Bonchev–Trinajstić information content (AvgIpc) is 2.38. The molecule has 0 unspecified atom stereocenters. The summed E-state index contributed by atoms with van der Waals surface area (Å²) in [6, 6.07) is 0. The van der Waals surface area contributed by atoms with Crippen LogP contribution in [0.4, 0.5) is 0 Å². The van der Waals surface area contributed by atoms with E-state index in [1.807, 2.05) is 0 Å². The molecule has 4 nitrogen and oxygen atoms in total. The zero-order chi connectivity index (χ0) is 14.0. The maximum absolute atomic E-state index is 11.3. The Balaban J connectivity index is 4.24. The van der Waals surface area contributed by atoms with Crippen molar-refractivity contribution < 1.29 is 19.7 Å². The molecule has 0 spiro atoms. The van der Waals surface area contributed by atoms with Gasteiger partial charge in [0.2, 0.25) is 0 Å². The van der Waals surface area contributed by atoms with Crippen molar-refractivity contribution in [1.82, 2.24) is 0 Å². The first-order valence-electron chi connectivity index (χ1n) is 6.55. The van der Waals surface area contributed by atoms with E-state index in [2.05, 4.69) is 13.5 Å². The summed E-state index contributed by atoms with van der Waals surface area (Å²) < 4.78 is 5.05. The van der Waals surface area contributed by atoms with Crippen LogP contribution in [0.25, 0.3) is 0 Å². The second kappa shape index (κ2) is 9.11. The molecule has 2 N–H and O–H groups in total. The van der Waals surface area contributed by atoms with Crippen molar-refractivity contribution >= 4 is 5.97 Å². The van der Waals surface area contributed by atoms with Crippen molar-refractivity contribution in [3.63, 3.8) is 0 Å². The Labute approximate surface area is 110 Å². The van der Waals surface area contributed by atoms with Crippen molar-refractivity contribution in [3.05, 3.63) is 12.2 Å². The maximum Gasteiger partial charge on any atom is 0.333 e. The van der Waals surface area contributed by atoms with E-state index in [1.165, 1.54) is 0 Å². The van der Waals surface area contributed by atoms with Crippen LogP contribution in [0.15, 0.2) is 12.2 Å². The topological polar surface area (TPSA) is 66.8 Å². The summed E-state index contributed by atoms with van der Waals surface area (Å²) >= 11 is 0. The molecule has 0 fully saturated rings. The number of aliphatic hydroxyl groups excluding tert-OH is 2. The lowest BCUT2D eigenvalue weighted by molar-refractivity contribution is -0.145. The summed E-state index contributed by atoms with van der Waals surface area (Å²) in [5.74, 6) is -0.477. The summed E-state index contributed by atoms with van der Waals surface area (Å²) in [6.07, 6.45) is 4.91. The van der Waals surface area contributed by atoms with Crippen LogP contribution in [-0.2, 0) is 9.53 Å². The number of esters is 1. The highest BCUT2D eigenvalue weighted by Gasteiger charge is 2.30. The first kappa shape index (κ1) is 17.1. The van der Waals surface area contributed by atoms with Crippen molar-refractivity contribution in [2.45, 2.75) is 46.0 Å². The van der Waals surface area contributed by atoms with Crippen LogP contribution in [0.1, 0.15) is 46.0 Å². The van der Waals surface area contributed by atoms with Crippen LogP contribution in [0, 0.1) is 5.41 Å². The van der Waals surface area contributed by atoms with Gasteiger partial charge >= 0.3 is 5.97 Å². The van der Waals surface area contributed by atoms with E-state index in [1.54, 1.807) is 6.92 Å². The zero-order valence-corrected chi connectivity index (χ0v) is 11.6. The zero-order valence-electron chi connectivity index (χ0n) is 11.6. The van der Waals surface area contributed by atoms with Crippen molar-refractivity contribution in [2.24, 2.45) is 5.41 Å². The Hall–Kier alpha value is -0.870. The Morgan fingerprint density at radius 2 is 1.83 bits per heavy atom. The summed E-state index contributed by atoms with van der Waals surface area (Å²) in [5, 5.41) is 18.8. The molecule has 0 aromatic rings. The molecule has 0 amide bonds. The van der Waals surface area contributed by atoms with E-state index >= 15 is 0 Å². The lowest BCUT2D eigenvalue weighted by Gasteiger charge is -2.29. The van der Waals surface area contributed by atoms with Crippen molar-refractivity contribution in [1.29, 1.82) is 0 Å². The molecule has 0 aliphatic heterocycles. The number of aliphatic hydroxyl groups is 2. The minimum absolute atomic E-state index is 0.0395. The van der Waals surface area contributed by atoms with Crippen LogP contribution in [0.2, 0.25) is 0 Å². The van der Waals surface area contributed by atoms with Gasteiger partial charge in [0.25, 0.3) is 0 Å². The van der Waals surface area contributed by atoms with Gasteiger partial charge in [0.05, 0.1) is 18.6 Å². The third-order valence-electron chi connectivity index (χ3n) is 3.09. The molecular formula is C14H26O4. The van der Waals surface area contributed by atoms with Crippen LogP contribution in [-0.4, -0.2) is 36.0 Å². The summed E-state index contributed by atoms with van der Waals surface area (Å²) in [6.45, 7) is 6.87. The molecule has 0 bridgehead atoms. The molecule has 106 valence electrons. The van der Waals surface area contributed by atoms with E-state index in [4.69, 9.17) is 4.74 Å². The predicted octanol–water partition coefficient (Wildman–Crippen LogP) is 2.05. The highest BCUT2D eigenvalue weighted by atomic mass is 16.5. The molecule has 0 rings (SSSR count). The molecule has 18 heavy (non-hydrogen) atoms. The van der Waals surface area contributed by atoms with Crippen LogP contribution >= 0.6 is 0 Å². The van der Waals surface area contributed by atoms with Crippen LogP contribution in [0.5, 0.6) is 0 Å². The van der Waals surface area contributed by atoms with Gasteiger partial charge in [-0.1, -0.05) is 39.2 Å². The molecule has 0 aliphatic rings. The maximum atomic E-state index is 11.3. The SMILES string of the molecule is C=C(C)C(=O)OCC(CO)(CO)CCCCCC. The number of unbranched alkanes of at least 4 members (excludes halogenated alkanes) is 3. The van der Waals surface area contributed by atoms with Gasteiger partial charge in [-0.15, -0.1) is 0 Å². The molecule has 4 heteroatoms. The molecule has 0 aromatic carbocycles. The van der Waals surface area contributed by atoms with Crippen molar-refractivity contribution in [2.75, 3.05) is 19.8 Å². The fraction of sp³-hybridized carbons (Fsp3) is 0.786. The van der Waals surface area contributed by atoms with Gasteiger partial charge in [0, 0.05) is 5.57 Å². The molecule has 0 saturated carbocycles. The number of carbonyl (C=O) groups is 1. The molecule has 0 radical (unpaired) electrons. The Bertz CT molecular complexity index is 257. The second-order valence-corrected chi connectivity index (χ2v) is 4.98. The van der Waals surface area contributed by atoms with E-state index in [0.717, 1.165) is 25.7 Å². The van der Waals surface area contributed by atoms with Gasteiger partial charge in [-0.3, -0.25) is 0 Å². The number of rotatable bonds is 10. The lowest BCUT2D eigenvalue weighted by Crippen LogP contribution is -2.36.